The normalized spacial score (nSPS) is 10.2. The van der Waals surface area contributed by atoms with Crippen molar-refractivity contribution in [3.63, 3.8) is 0 Å². The van der Waals surface area contributed by atoms with Gasteiger partial charge in [0.15, 0.2) is 0 Å². The number of hydrogen-bond acceptors (Lipinski definition) is 3. The highest BCUT2D eigenvalue weighted by Gasteiger charge is 2.11. The van der Waals surface area contributed by atoms with E-state index in [1.807, 2.05) is 13.0 Å². The van der Waals surface area contributed by atoms with Gasteiger partial charge >= 0.3 is 5.97 Å². The first-order valence-electron chi connectivity index (χ1n) is 5.69. The Morgan fingerprint density at radius 3 is 2.47 bits per heavy atom. The molecule has 1 aromatic heterocycles. The highest BCUT2D eigenvalue weighted by atomic mass is 32.1. The predicted molar refractivity (Wildman–Crippen MR) is 75.1 cm³/mol. The lowest BCUT2D eigenvalue weighted by atomic mass is 10.1. The third-order valence-electron chi connectivity index (χ3n) is 2.69. The summed E-state index contributed by atoms with van der Waals surface area (Å²) >= 11 is 1.40. The monoisotopic (exact) mass is 275 g/mol. The highest BCUT2D eigenvalue weighted by molar-refractivity contribution is 7.14. The molecule has 2 aromatic rings. The molecule has 0 radical (unpaired) electrons. The summed E-state index contributed by atoms with van der Waals surface area (Å²) in [7, 11) is 0. The van der Waals surface area contributed by atoms with Crippen molar-refractivity contribution in [3.8, 4) is 0 Å². The topological polar surface area (TPSA) is 66.4 Å². The molecular formula is C14H13NO3S. The molecule has 0 atom stereocenters. The fourth-order valence-electron chi connectivity index (χ4n) is 1.68. The van der Waals surface area contributed by atoms with Crippen LogP contribution in [0.1, 0.15) is 30.5 Å². The van der Waals surface area contributed by atoms with Crippen LogP contribution in [0.25, 0.3) is 0 Å². The molecule has 98 valence electrons. The molecule has 1 heterocycles. The summed E-state index contributed by atoms with van der Waals surface area (Å²) in [5.74, 6) is -1.22. The maximum Gasteiger partial charge on any atom is 0.336 e. The molecule has 19 heavy (non-hydrogen) atoms. The first-order chi connectivity index (χ1) is 8.97. The summed E-state index contributed by atoms with van der Waals surface area (Å²) in [6.45, 7) is 3.65. The van der Waals surface area contributed by atoms with Crippen LogP contribution >= 0.6 is 11.3 Å². The molecule has 0 unspecified atom stereocenters. The van der Waals surface area contributed by atoms with E-state index in [2.05, 4.69) is 5.32 Å². The highest BCUT2D eigenvalue weighted by Crippen LogP contribution is 2.19. The van der Waals surface area contributed by atoms with Crippen LogP contribution in [0.5, 0.6) is 0 Å². The standard InChI is InChI=1S/C14H13NO3S/c1-8-3-5-10(7-11(8)14(17)18)15-13(16)12-6-4-9(2)19-12/h3-7H,1-2H3,(H,15,16)(H,17,18). The van der Waals surface area contributed by atoms with Crippen LogP contribution in [0, 0.1) is 13.8 Å². The lowest BCUT2D eigenvalue weighted by molar-refractivity contribution is 0.0695. The molecule has 0 aliphatic rings. The number of aryl methyl sites for hydroxylation is 2. The van der Waals surface area contributed by atoms with Gasteiger partial charge in [0, 0.05) is 10.6 Å². The maximum atomic E-state index is 11.9. The van der Waals surface area contributed by atoms with Gasteiger partial charge in [-0.15, -0.1) is 11.3 Å². The number of carboxylic acid groups (broad SMARTS) is 1. The first-order valence-corrected chi connectivity index (χ1v) is 6.51. The zero-order valence-corrected chi connectivity index (χ0v) is 11.4. The minimum absolute atomic E-state index is 0.195. The Kier molecular flexibility index (Phi) is 3.66. The quantitative estimate of drug-likeness (QED) is 0.903. The van der Waals surface area contributed by atoms with Gasteiger partial charge in [-0.2, -0.15) is 0 Å². The van der Waals surface area contributed by atoms with Gasteiger partial charge < -0.3 is 10.4 Å². The Morgan fingerprint density at radius 2 is 1.89 bits per heavy atom. The van der Waals surface area contributed by atoms with Gasteiger partial charge in [0.1, 0.15) is 0 Å². The molecule has 4 nitrogen and oxygen atoms in total. The van der Waals surface area contributed by atoms with Gasteiger partial charge in [-0.05, 0) is 43.7 Å². The van der Waals surface area contributed by atoms with E-state index in [1.54, 1.807) is 25.1 Å². The summed E-state index contributed by atoms with van der Waals surface area (Å²) in [6.07, 6.45) is 0. The van der Waals surface area contributed by atoms with Crippen LogP contribution in [0.2, 0.25) is 0 Å². The van der Waals surface area contributed by atoms with Gasteiger partial charge in [-0.25, -0.2) is 4.79 Å². The van der Waals surface area contributed by atoms with Crippen molar-refractivity contribution in [1.82, 2.24) is 0 Å². The van der Waals surface area contributed by atoms with E-state index in [9.17, 15) is 9.59 Å². The molecule has 0 bridgehead atoms. The van der Waals surface area contributed by atoms with Crippen molar-refractivity contribution in [2.45, 2.75) is 13.8 Å². The third-order valence-corrected chi connectivity index (χ3v) is 3.69. The summed E-state index contributed by atoms with van der Waals surface area (Å²) in [5, 5.41) is 11.7. The van der Waals surface area contributed by atoms with Crippen LogP contribution in [-0.2, 0) is 0 Å². The Morgan fingerprint density at radius 1 is 1.16 bits per heavy atom. The number of nitrogens with one attached hydrogen (secondary N) is 1. The predicted octanol–water partition coefficient (Wildman–Crippen LogP) is 3.32. The Balaban J connectivity index is 2.22. The molecule has 1 amide bonds. The van der Waals surface area contributed by atoms with E-state index in [0.29, 0.717) is 16.1 Å². The molecule has 0 fully saturated rings. The van der Waals surface area contributed by atoms with E-state index in [4.69, 9.17) is 5.11 Å². The first kappa shape index (κ1) is 13.3. The number of carbonyl (C=O) groups is 2. The molecule has 2 rings (SSSR count). The third kappa shape index (κ3) is 3.00. The Bertz CT molecular complexity index is 646. The summed E-state index contributed by atoms with van der Waals surface area (Å²) in [4.78, 5) is 24.6. The minimum Gasteiger partial charge on any atom is -0.478 e. The number of amides is 1. The van der Waals surface area contributed by atoms with Crippen molar-refractivity contribution in [2.24, 2.45) is 0 Å². The zero-order valence-electron chi connectivity index (χ0n) is 10.6. The molecule has 0 saturated carbocycles. The molecular weight excluding hydrogens is 262 g/mol. The second-order valence-electron chi connectivity index (χ2n) is 4.20. The van der Waals surface area contributed by atoms with Crippen molar-refractivity contribution < 1.29 is 14.7 Å². The van der Waals surface area contributed by atoms with E-state index in [0.717, 1.165) is 4.88 Å². The van der Waals surface area contributed by atoms with Crippen LogP contribution in [0.3, 0.4) is 0 Å². The second-order valence-corrected chi connectivity index (χ2v) is 5.49. The molecule has 5 heteroatoms. The maximum absolute atomic E-state index is 11.9. The van der Waals surface area contributed by atoms with Crippen LogP contribution < -0.4 is 5.32 Å². The largest absolute Gasteiger partial charge is 0.478 e. The zero-order chi connectivity index (χ0) is 14.0. The summed E-state index contributed by atoms with van der Waals surface area (Å²) < 4.78 is 0. The van der Waals surface area contributed by atoms with Crippen LogP contribution in [0.4, 0.5) is 5.69 Å². The Hall–Kier alpha value is -2.14. The number of carbonyl (C=O) groups excluding carboxylic acids is 1. The molecule has 0 saturated heterocycles. The fourth-order valence-corrected chi connectivity index (χ4v) is 2.44. The smallest absolute Gasteiger partial charge is 0.336 e. The Labute approximate surface area is 114 Å². The van der Waals surface area contributed by atoms with Crippen molar-refractivity contribution in [2.75, 3.05) is 5.32 Å². The number of aromatic carboxylic acids is 1. The van der Waals surface area contributed by atoms with E-state index < -0.39 is 5.97 Å². The molecule has 0 aliphatic carbocycles. The summed E-state index contributed by atoms with van der Waals surface area (Å²) in [5.41, 5.74) is 1.34. The molecule has 2 N–H and O–H groups in total. The molecule has 1 aromatic carbocycles. The van der Waals surface area contributed by atoms with E-state index in [1.165, 1.54) is 17.4 Å². The number of carboxylic acids is 1. The number of rotatable bonds is 3. The SMILES string of the molecule is Cc1ccc(C(=O)Nc2ccc(C)c(C(=O)O)c2)s1. The average molecular weight is 275 g/mol. The fraction of sp³-hybridized carbons (Fsp3) is 0.143. The second kappa shape index (κ2) is 5.24. The van der Waals surface area contributed by atoms with Crippen molar-refractivity contribution in [1.29, 1.82) is 0 Å². The lowest BCUT2D eigenvalue weighted by Gasteiger charge is -2.06. The number of hydrogen-bond donors (Lipinski definition) is 2. The molecule has 0 aliphatic heterocycles. The van der Waals surface area contributed by atoms with Gasteiger partial charge in [-0.1, -0.05) is 6.07 Å². The molecule has 0 spiro atoms. The van der Waals surface area contributed by atoms with Crippen LogP contribution in [0.15, 0.2) is 30.3 Å². The van der Waals surface area contributed by atoms with Gasteiger partial charge in [0.05, 0.1) is 10.4 Å². The van der Waals surface area contributed by atoms with E-state index in [-0.39, 0.29) is 11.5 Å². The van der Waals surface area contributed by atoms with E-state index >= 15 is 0 Å². The average Bonchev–Trinajstić information content (AvgIpc) is 2.78. The number of benzene rings is 1. The lowest BCUT2D eigenvalue weighted by Crippen LogP contribution is -2.11. The van der Waals surface area contributed by atoms with Gasteiger partial charge in [0.2, 0.25) is 0 Å². The minimum atomic E-state index is -0.999. The van der Waals surface area contributed by atoms with Gasteiger partial charge in [0.25, 0.3) is 5.91 Å². The van der Waals surface area contributed by atoms with Crippen molar-refractivity contribution in [3.05, 3.63) is 51.2 Å². The number of thiophene rings is 1. The van der Waals surface area contributed by atoms with Gasteiger partial charge in [-0.3, -0.25) is 4.79 Å². The number of anilines is 1. The van der Waals surface area contributed by atoms with Crippen LogP contribution in [-0.4, -0.2) is 17.0 Å². The van der Waals surface area contributed by atoms with Crippen molar-refractivity contribution >= 4 is 28.9 Å². The summed E-state index contributed by atoms with van der Waals surface area (Å²) in [6, 6.07) is 8.47.